The lowest BCUT2D eigenvalue weighted by Crippen LogP contribution is -2.41. The van der Waals surface area contributed by atoms with Crippen molar-refractivity contribution in [3.63, 3.8) is 0 Å². The smallest absolute Gasteiger partial charge is 0.303 e. The number of fused-ring (bicyclic) bond motifs is 1. The average molecular weight is 476 g/mol. The van der Waals surface area contributed by atoms with E-state index in [2.05, 4.69) is 25.2 Å². The number of hydrogen-bond acceptors (Lipinski definition) is 9. The Kier molecular flexibility index (Phi) is 6.27. The predicted molar refractivity (Wildman–Crippen MR) is 123 cm³/mol. The fraction of sp³-hybridized carbons (Fsp3) is 0.381. The number of amides is 1. The van der Waals surface area contributed by atoms with Crippen LogP contribution in [0.4, 0.5) is 11.6 Å². The van der Waals surface area contributed by atoms with E-state index in [4.69, 9.17) is 21.1 Å². The van der Waals surface area contributed by atoms with Crippen LogP contribution in [0.1, 0.15) is 20.8 Å². The summed E-state index contributed by atoms with van der Waals surface area (Å²) in [6.07, 6.45) is 1.67. The highest BCUT2D eigenvalue weighted by atomic mass is 35.5. The molecular weight excluding hydrogens is 454 g/mol. The molecule has 0 atom stereocenters. The van der Waals surface area contributed by atoms with Crippen molar-refractivity contribution in [1.82, 2.24) is 15.0 Å². The number of pyridine rings is 1. The Bertz CT molecular complexity index is 1160. The van der Waals surface area contributed by atoms with E-state index in [1.165, 1.54) is 20.8 Å². The number of rotatable bonds is 5. The third-order valence-electron chi connectivity index (χ3n) is 4.87. The number of esters is 1. The number of ether oxygens (including phenoxy) is 2. The highest BCUT2D eigenvalue weighted by Crippen LogP contribution is 2.38. The molecule has 1 amide bonds. The normalized spacial score (nSPS) is 14.4. The summed E-state index contributed by atoms with van der Waals surface area (Å²) in [6.45, 7) is 7.08. The van der Waals surface area contributed by atoms with Crippen molar-refractivity contribution in [3.8, 4) is 10.4 Å². The van der Waals surface area contributed by atoms with E-state index >= 15 is 0 Å². The first-order chi connectivity index (χ1) is 15.2. The fourth-order valence-corrected chi connectivity index (χ4v) is 4.58. The van der Waals surface area contributed by atoms with Crippen LogP contribution in [-0.2, 0) is 19.1 Å². The van der Waals surface area contributed by atoms with E-state index in [1.807, 2.05) is 12.1 Å². The lowest BCUT2D eigenvalue weighted by molar-refractivity contribution is -0.160. The number of thiophene rings is 1. The molecule has 1 N–H and O–H groups in total. The summed E-state index contributed by atoms with van der Waals surface area (Å²) in [5, 5.41) is 2.87. The first-order valence-electron chi connectivity index (χ1n) is 10.0. The van der Waals surface area contributed by atoms with Gasteiger partial charge in [0, 0.05) is 36.7 Å². The van der Waals surface area contributed by atoms with Crippen molar-refractivity contribution >= 4 is 56.7 Å². The Morgan fingerprint density at radius 2 is 2.00 bits per heavy atom. The molecule has 168 valence electrons. The maximum Gasteiger partial charge on any atom is 0.303 e. The maximum atomic E-state index is 12.4. The first-order valence-corrected chi connectivity index (χ1v) is 11.2. The summed E-state index contributed by atoms with van der Waals surface area (Å²) in [6, 6.07) is 5.51. The molecule has 9 nitrogen and oxygen atoms in total. The quantitative estimate of drug-likeness (QED) is 0.441. The van der Waals surface area contributed by atoms with Crippen LogP contribution in [0.25, 0.3) is 20.7 Å². The molecule has 0 aliphatic carbocycles. The highest BCUT2D eigenvalue weighted by molar-refractivity contribution is 7.22. The third-order valence-corrected chi connectivity index (χ3v) is 6.21. The summed E-state index contributed by atoms with van der Waals surface area (Å²) in [5.41, 5.74) is 0.340. The number of nitrogens with one attached hydrogen (secondary N) is 1. The van der Waals surface area contributed by atoms with Gasteiger partial charge >= 0.3 is 5.97 Å². The zero-order valence-corrected chi connectivity index (χ0v) is 19.4. The fourth-order valence-electron chi connectivity index (χ4n) is 3.31. The second kappa shape index (κ2) is 8.97. The monoisotopic (exact) mass is 475 g/mol. The second-order valence-electron chi connectivity index (χ2n) is 7.73. The Morgan fingerprint density at radius 1 is 1.25 bits per heavy atom. The Balaban J connectivity index is 1.57. The predicted octanol–water partition coefficient (Wildman–Crippen LogP) is 3.52. The van der Waals surface area contributed by atoms with Gasteiger partial charge in [0.15, 0.2) is 11.4 Å². The molecule has 11 heteroatoms. The van der Waals surface area contributed by atoms with Gasteiger partial charge in [-0.15, -0.1) is 11.3 Å². The number of carbonyl (C=O) groups is 2. The highest BCUT2D eigenvalue weighted by Gasteiger charge is 2.31. The largest absolute Gasteiger partial charge is 0.450 e. The summed E-state index contributed by atoms with van der Waals surface area (Å²) >= 11 is 7.74. The van der Waals surface area contributed by atoms with Crippen molar-refractivity contribution in [1.29, 1.82) is 0 Å². The second-order valence-corrected chi connectivity index (χ2v) is 9.12. The Morgan fingerprint density at radius 3 is 2.66 bits per heavy atom. The third kappa shape index (κ3) is 4.82. The van der Waals surface area contributed by atoms with Crippen LogP contribution >= 0.6 is 22.9 Å². The molecule has 1 aliphatic rings. The Labute approximate surface area is 193 Å². The zero-order chi connectivity index (χ0) is 22.9. The lowest BCUT2D eigenvalue weighted by atomic mass is 10.1. The van der Waals surface area contributed by atoms with Gasteiger partial charge in [-0.1, -0.05) is 0 Å². The molecule has 0 aromatic carbocycles. The topological polar surface area (TPSA) is 107 Å². The van der Waals surface area contributed by atoms with Crippen LogP contribution in [0, 0.1) is 0 Å². The molecule has 1 saturated heterocycles. The van der Waals surface area contributed by atoms with E-state index in [1.54, 1.807) is 23.6 Å². The minimum atomic E-state index is -1.30. The first kappa shape index (κ1) is 22.4. The van der Waals surface area contributed by atoms with Crippen LogP contribution < -0.4 is 10.2 Å². The van der Waals surface area contributed by atoms with Crippen LogP contribution in [0.15, 0.2) is 24.4 Å². The standard InChI is InChI=1S/C21H22ClN5O4S/c1-12(28)31-21(2,3)19(29)25-16-5-4-13(11-23-16)15-10-14-17(32-15)18(26-20(22)24-14)27-6-8-30-9-7-27/h4-5,10-11H,6-9H2,1-3H3,(H,23,25,29). The number of halogens is 1. The van der Waals surface area contributed by atoms with E-state index < -0.39 is 17.5 Å². The average Bonchev–Trinajstić information content (AvgIpc) is 3.17. The van der Waals surface area contributed by atoms with Crippen LogP contribution in [0.3, 0.4) is 0 Å². The molecule has 4 heterocycles. The SMILES string of the molecule is CC(=O)OC(C)(C)C(=O)Nc1ccc(-c2cc3nc(Cl)nc(N4CCOCC4)c3s2)cn1. The molecule has 32 heavy (non-hydrogen) atoms. The van der Waals surface area contributed by atoms with E-state index in [0.717, 1.165) is 39.6 Å². The minimum absolute atomic E-state index is 0.204. The molecule has 0 saturated carbocycles. The van der Waals surface area contributed by atoms with E-state index in [0.29, 0.717) is 19.0 Å². The number of nitrogens with zero attached hydrogens (tertiary/aromatic N) is 4. The molecule has 3 aromatic rings. The number of aromatic nitrogens is 3. The summed E-state index contributed by atoms with van der Waals surface area (Å²) in [4.78, 5) is 39.9. The van der Waals surface area contributed by atoms with Crippen molar-refractivity contribution in [2.45, 2.75) is 26.4 Å². The molecular formula is C21H22ClN5O4S. The molecule has 3 aromatic heterocycles. The summed E-state index contributed by atoms with van der Waals surface area (Å²) in [7, 11) is 0. The van der Waals surface area contributed by atoms with E-state index in [-0.39, 0.29) is 5.28 Å². The van der Waals surface area contributed by atoms with Crippen LogP contribution in [0.2, 0.25) is 5.28 Å². The molecule has 4 rings (SSSR count). The minimum Gasteiger partial charge on any atom is -0.450 e. The van der Waals surface area contributed by atoms with E-state index in [9.17, 15) is 9.59 Å². The van der Waals surface area contributed by atoms with Gasteiger partial charge in [-0.2, -0.15) is 4.98 Å². The zero-order valence-electron chi connectivity index (χ0n) is 17.8. The molecule has 1 fully saturated rings. The van der Waals surface area contributed by atoms with Crippen molar-refractivity contribution in [3.05, 3.63) is 29.7 Å². The van der Waals surface area contributed by atoms with Gasteiger partial charge in [0.2, 0.25) is 5.28 Å². The van der Waals surface area contributed by atoms with Gasteiger partial charge in [-0.3, -0.25) is 9.59 Å². The Hall–Kier alpha value is -2.82. The number of anilines is 2. The number of morpholine rings is 1. The van der Waals surface area contributed by atoms with Crippen molar-refractivity contribution in [2.24, 2.45) is 0 Å². The summed E-state index contributed by atoms with van der Waals surface area (Å²) in [5.74, 6) is 0.175. The van der Waals surface area contributed by atoms with Crippen molar-refractivity contribution in [2.75, 3.05) is 36.5 Å². The number of carbonyl (C=O) groups excluding carboxylic acids is 2. The van der Waals surface area contributed by atoms with Gasteiger partial charge in [-0.25, -0.2) is 9.97 Å². The summed E-state index contributed by atoms with van der Waals surface area (Å²) < 4.78 is 11.4. The number of hydrogen-bond donors (Lipinski definition) is 1. The van der Waals surface area contributed by atoms with Gasteiger partial charge in [0.05, 0.1) is 23.4 Å². The van der Waals surface area contributed by atoms with Gasteiger partial charge < -0.3 is 19.7 Å². The van der Waals surface area contributed by atoms with Gasteiger partial charge in [0.1, 0.15) is 5.82 Å². The van der Waals surface area contributed by atoms with Crippen LogP contribution in [-0.4, -0.2) is 58.7 Å². The molecule has 1 aliphatic heterocycles. The van der Waals surface area contributed by atoms with Crippen LogP contribution in [0.5, 0.6) is 0 Å². The van der Waals surface area contributed by atoms with Crippen molar-refractivity contribution < 1.29 is 19.1 Å². The maximum absolute atomic E-state index is 12.4. The molecule has 0 spiro atoms. The van der Waals surface area contributed by atoms with Gasteiger partial charge in [0.25, 0.3) is 5.91 Å². The van der Waals surface area contributed by atoms with Gasteiger partial charge in [-0.05, 0) is 43.6 Å². The molecule has 0 bridgehead atoms. The molecule has 0 unspecified atom stereocenters. The molecule has 0 radical (unpaired) electrons. The lowest BCUT2D eigenvalue weighted by Gasteiger charge is -2.28.